The summed E-state index contributed by atoms with van der Waals surface area (Å²) in [6, 6.07) is 0. The van der Waals surface area contributed by atoms with Gasteiger partial charge in [0.2, 0.25) is 0 Å². The quantitative estimate of drug-likeness (QED) is 0.717. The maximum Gasteiger partial charge on any atom is 0.175 e. The van der Waals surface area contributed by atoms with Crippen molar-refractivity contribution in [2.75, 3.05) is 19.6 Å². The second-order valence-electron chi connectivity index (χ2n) is 3.85. The van der Waals surface area contributed by atoms with Gasteiger partial charge in [-0.15, -0.1) is 11.3 Å². The van der Waals surface area contributed by atoms with Crippen LogP contribution in [0.4, 0.5) is 0 Å². The molecule has 1 rings (SSSR count). The Labute approximate surface area is 101 Å². The van der Waals surface area contributed by atoms with Crippen LogP contribution in [-0.2, 0) is 0 Å². The Bertz CT molecular complexity index is 356. The molecule has 16 heavy (non-hydrogen) atoms. The van der Waals surface area contributed by atoms with E-state index in [-0.39, 0.29) is 5.78 Å². The maximum absolute atomic E-state index is 12.0. The highest BCUT2D eigenvalue weighted by Gasteiger charge is 2.14. The van der Waals surface area contributed by atoms with Crippen molar-refractivity contribution in [3.8, 4) is 0 Å². The van der Waals surface area contributed by atoms with Gasteiger partial charge in [0.25, 0.3) is 0 Å². The number of carbonyl (C=O) groups excluding carboxylic acids is 1. The summed E-state index contributed by atoms with van der Waals surface area (Å²) < 4.78 is 0. The van der Waals surface area contributed by atoms with E-state index in [0.717, 1.165) is 35.2 Å². The first-order valence-corrected chi connectivity index (χ1v) is 6.59. The monoisotopic (exact) mass is 240 g/mol. The SMILES string of the molecule is CCN(CC)CCC(=O)c1sc(C)nc1C. The molecule has 0 unspecified atom stereocenters. The van der Waals surface area contributed by atoms with Crippen molar-refractivity contribution < 1.29 is 4.79 Å². The Morgan fingerprint density at radius 3 is 2.38 bits per heavy atom. The Morgan fingerprint density at radius 2 is 1.94 bits per heavy atom. The lowest BCUT2D eigenvalue weighted by molar-refractivity contribution is 0.0969. The third-order valence-corrected chi connectivity index (χ3v) is 3.82. The van der Waals surface area contributed by atoms with Gasteiger partial charge in [0.05, 0.1) is 15.6 Å². The largest absolute Gasteiger partial charge is 0.303 e. The van der Waals surface area contributed by atoms with Gasteiger partial charge in [0.15, 0.2) is 5.78 Å². The van der Waals surface area contributed by atoms with E-state index >= 15 is 0 Å². The molecule has 0 aliphatic heterocycles. The lowest BCUT2D eigenvalue weighted by Crippen LogP contribution is -2.25. The Hall–Kier alpha value is -0.740. The van der Waals surface area contributed by atoms with Crippen LogP contribution in [0.1, 0.15) is 40.6 Å². The summed E-state index contributed by atoms with van der Waals surface area (Å²) in [6.45, 7) is 11.0. The molecule has 4 heteroatoms. The molecule has 0 saturated heterocycles. The maximum atomic E-state index is 12.0. The van der Waals surface area contributed by atoms with E-state index < -0.39 is 0 Å². The molecule has 90 valence electrons. The number of nitrogens with zero attached hydrogens (tertiary/aromatic N) is 2. The zero-order valence-electron chi connectivity index (χ0n) is 10.5. The van der Waals surface area contributed by atoms with E-state index in [0.29, 0.717) is 6.42 Å². The van der Waals surface area contributed by atoms with Gasteiger partial charge < -0.3 is 4.90 Å². The van der Waals surface area contributed by atoms with E-state index in [9.17, 15) is 4.79 Å². The van der Waals surface area contributed by atoms with Crippen molar-refractivity contribution in [2.24, 2.45) is 0 Å². The van der Waals surface area contributed by atoms with Gasteiger partial charge in [0.1, 0.15) is 0 Å². The third-order valence-electron chi connectivity index (χ3n) is 2.71. The fourth-order valence-corrected chi connectivity index (χ4v) is 2.59. The first-order chi connectivity index (χ1) is 7.58. The molecule has 0 aliphatic rings. The van der Waals surface area contributed by atoms with Crippen LogP contribution in [0.5, 0.6) is 0 Å². The van der Waals surface area contributed by atoms with Crippen LogP contribution in [0.15, 0.2) is 0 Å². The summed E-state index contributed by atoms with van der Waals surface area (Å²) in [5.74, 6) is 0.231. The number of hydrogen-bond donors (Lipinski definition) is 0. The molecule has 0 radical (unpaired) electrons. The summed E-state index contributed by atoms with van der Waals surface area (Å²) in [5.41, 5.74) is 0.882. The highest BCUT2D eigenvalue weighted by Crippen LogP contribution is 2.18. The summed E-state index contributed by atoms with van der Waals surface area (Å²) >= 11 is 1.51. The van der Waals surface area contributed by atoms with Crippen LogP contribution >= 0.6 is 11.3 Å². The number of thiazole rings is 1. The fraction of sp³-hybridized carbons (Fsp3) is 0.667. The molecule has 1 aromatic rings. The van der Waals surface area contributed by atoms with Crippen LogP contribution in [0, 0.1) is 13.8 Å². The Kier molecular flexibility index (Phi) is 5.09. The lowest BCUT2D eigenvalue weighted by Gasteiger charge is -2.16. The first-order valence-electron chi connectivity index (χ1n) is 5.78. The third kappa shape index (κ3) is 3.39. The molecule has 0 fully saturated rings. The number of aryl methyl sites for hydroxylation is 2. The molecular weight excluding hydrogens is 220 g/mol. The van der Waals surface area contributed by atoms with Gasteiger partial charge in [-0.25, -0.2) is 4.98 Å². The number of Topliss-reactive ketones (excluding diaryl/α,β-unsaturated/α-hetero) is 1. The van der Waals surface area contributed by atoms with E-state index in [1.165, 1.54) is 11.3 Å². The van der Waals surface area contributed by atoms with Crippen molar-refractivity contribution >= 4 is 17.1 Å². The minimum atomic E-state index is 0.231. The highest BCUT2D eigenvalue weighted by atomic mass is 32.1. The summed E-state index contributed by atoms with van der Waals surface area (Å²) in [6.07, 6.45) is 0.601. The van der Waals surface area contributed by atoms with Gasteiger partial charge in [-0.1, -0.05) is 13.8 Å². The molecule has 0 aliphatic carbocycles. The van der Waals surface area contributed by atoms with Crippen molar-refractivity contribution in [1.29, 1.82) is 0 Å². The highest BCUT2D eigenvalue weighted by molar-refractivity contribution is 7.13. The van der Waals surface area contributed by atoms with Crippen molar-refractivity contribution in [1.82, 2.24) is 9.88 Å². The molecule has 1 aromatic heterocycles. The van der Waals surface area contributed by atoms with Gasteiger partial charge in [-0.2, -0.15) is 0 Å². The van der Waals surface area contributed by atoms with Gasteiger partial charge in [-0.3, -0.25) is 4.79 Å². The number of rotatable bonds is 6. The number of ketones is 1. The van der Waals surface area contributed by atoms with Gasteiger partial charge >= 0.3 is 0 Å². The summed E-state index contributed by atoms with van der Waals surface area (Å²) in [5, 5.41) is 0.976. The zero-order chi connectivity index (χ0) is 12.1. The van der Waals surface area contributed by atoms with Crippen LogP contribution in [0.3, 0.4) is 0 Å². The van der Waals surface area contributed by atoms with Gasteiger partial charge in [0, 0.05) is 13.0 Å². The molecule has 3 nitrogen and oxygen atoms in total. The molecule has 0 amide bonds. The molecular formula is C12H20N2OS. The van der Waals surface area contributed by atoms with E-state index in [1.54, 1.807) is 0 Å². The Balaban J connectivity index is 2.56. The van der Waals surface area contributed by atoms with Crippen molar-refractivity contribution in [3.63, 3.8) is 0 Å². The van der Waals surface area contributed by atoms with E-state index in [4.69, 9.17) is 0 Å². The molecule has 0 aromatic carbocycles. The molecule has 1 heterocycles. The minimum absolute atomic E-state index is 0.231. The molecule has 0 N–H and O–H groups in total. The second kappa shape index (κ2) is 6.11. The van der Waals surface area contributed by atoms with Crippen LogP contribution in [-0.4, -0.2) is 35.3 Å². The predicted molar refractivity (Wildman–Crippen MR) is 68.3 cm³/mol. The molecule has 0 spiro atoms. The summed E-state index contributed by atoms with van der Waals surface area (Å²) in [4.78, 5) is 19.3. The minimum Gasteiger partial charge on any atom is -0.303 e. The normalized spacial score (nSPS) is 11.1. The number of hydrogen-bond acceptors (Lipinski definition) is 4. The lowest BCUT2D eigenvalue weighted by atomic mass is 10.2. The van der Waals surface area contributed by atoms with Crippen molar-refractivity contribution in [2.45, 2.75) is 34.1 Å². The first kappa shape index (κ1) is 13.3. The molecule has 0 atom stereocenters. The number of aromatic nitrogens is 1. The van der Waals surface area contributed by atoms with Crippen molar-refractivity contribution in [3.05, 3.63) is 15.6 Å². The molecule has 0 saturated carbocycles. The Morgan fingerprint density at radius 1 is 1.31 bits per heavy atom. The zero-order valence-corrected chi connectivity index (χ0v) is 11.4. The number of carbonyl (C=O) groups is 1. The average molecular weight is 240 g/mol. The van der Waals surface area contributed by atoms with Gasteiger partial charge in [-0.05, 0) is 26.9 Å². The van der Waals surface area contributed by atoms with Crippen LogP contribution in [0.25, 0.3) is 0 Å². The topological polar surface area (TPSA) is 33.2 Å². The average Bonchev–Trinajstić information content (AvgIpc) is 2.59. The predicted octanol–water partition coefficient (Wildman–Crippen LogP) is 2.67. The smallest absolute Gasteiger partial charge is 0.175 e. The molecule has 0 bridgehead atoms. The van der Waals surface area contributed by atoms with E-state index in [1.807, 2.05) is 13.8 Å². The summed E-state index contributed by atoms with van der Waals surface area (Å²) in [7, 11) is 0. The van der Waals surface area contributed by atoms with Crippen LogP contribution < -0.4 is 0 Å². The van der Waals surface area contributed by atoms with Crippen LogP contribution in [0.2, 0.25) is 0 Å². The standard InChI is InChI=1S/C12H20N2OS/c1-5-14(6-2)8-7-11(15)12-9(3)13-10(4)16-12/h5-8H2,1-4H3. The fourth-order valence-electron chi connectivity index (χ4n) is 1.70. The second-order valence-corrected chi connectivity index (χ2v) is 5.05. The van der Waals surface area contributed by atoms with E-state index in [2.05, 4.69) is 23.7 Å².